The van der Waals surface area contributed by atoms with Crippen molar-refractivity contribution in [3.05, 3.63) is 11.1 Å². The summed E-state index contributed by atoms with van der Waals surface area (Å²) in [7, 11) is 0. The van der Waals surface area contributed by atoms with Gasteiger partial charge in [-0.2, -0.15) is 0 Å². The van der Waals surface area contributed by atoms with E-state index in [0.29, 0.717) is 0 Å². The SMILES string of the molecule is C/C(=C\Cl)CCNC1CC1. The van der Waals surface area contributed by atoms with Gasteiger partial charge in [0.15, 0.2) is 0 Å². The van der Waals surface area contributed by atoms with Gasteiger partial charge >= 0.3 is 0 Å². The predicted molar refractivity (Wildman–Crippen MR) is 45.3 cm³/mol. The van der Waals surface area contributed by atoms with Crippen LogP contribution in [0.25, 0.3) is 0 Å². The van der Waals surface area contributed by atoms with Gasteiger partial charge in [-0.3, -0.25) is 0 Å². The van der Waals surface area contributed by atoms with Crippen LogP contribution in [0.1, 0.15) is 26.2 Å². The van der Waals surface area contributed by atoms with Crippen LogP contribution in [0.5, 0.6) is 0 Å². The van der Waals surface area contributed by atoms with Gasteiger partial charge in [0.05, 0.1) is 0 Å². The minimum absolute atomic E-state index is 0.822. The van der Waals surface area contributed by atoms with Crippen molar-refractivity contribution in [2.24, 2.45) is 0 Å². The minimum Gasteiger partial charge on any atom is -0.314 e. The van der Waals surface area contributed by atoms with Crippen molar-refractivity contribution in [2.45, 2.75) is 32.2 Å². The van der Waals surface area contributed by atoms with Crippen LogP contribution in [0.3, 0.4) is 0 Å². The van der Waals surface area contributed by atoms with Crippen molar-refractivity contribution in [1.29, 1.82) is 0 Å². The topological polar surface area (TPSA) is 12.0 Å². The van der Waals surface area contributed by atoms with Crippen LogP contribution in [0.2, 0.25) is 0 Å². The van der Waals surface area contributed by atoms with E-state index in [1.807, 2.05) is 0 Å². The van der Waals surface area contributed by atoms with Gasteiger partial charge in [0.1, 0.15) is 0 Å². The van der Waals surface area contributed by atoms with Gasteiger partial charge < -0.3 is 5.32 Å². The van der Waals surface area contributed by atoms with Crippen molar-refractivity contribution >= 4 is 11.6 Å². The molecule has 0 heterocycles. The van der Waals surface area contributed by atoms with Gasteiger partial charge in [-0.25, -0.2) is 0 Å². The number of hydrogen-bond acceptors (Lipinski definition) is 1. The van der Waals surface area contributed by atoms with Crippen LogP contribution >= 0.6 is 11.6 Å². The molecule has 0 aromatic carbocycles. The Morgan fingerprint density at radius 3 is 2.90 bits per heavy atom. The normalized spacial score (nSPS) is 19.6. The number of hydrogen-bond donors (Lipinski definition) is 1. The lowest BCUT2D eigenvalue weighted by atomic mass is 10.2. The van der Waals surface area contributed by atoms with E-state index in [1.165, 1.54) is 18.4 Å². The van der Waals surface area contributed by atoms with Crippen LogP contribution in [0, 0.1) is 0 Å². The number of rotatable bonds is 4. The van der Waals surface area contributed by atoms with Gasteiger partial charge in [-0.05, 0) is 32.7 Å². The zero-order valence-electron chi connectivity index (χ0n) is 6.36. The van der Waals surface area contributed by atoms with E-state index in [2.05, 4.69) is 12.2 Å². The lowest BCUT2D eigenvalue weighted by molar-refractivity contribution is 0.680. The highest BCUT2D eigenvalue weighted by atomic mass is 35.5. The second kappa shape index (κ2) is 3.99. The second-order valence-corrected chi connectivity index (χ2v) is 3.15. The fourth-order valence-corrected chi connectivity index (χ4v) is 0.925. The maximum Gasteiger partial charge on any atom is 0.00683 e. The summed E-state index contributed by atoms with van der Waals surface area (Å²) >= 11 is 5.49. The summed E-state index contributed by atoms with van der Waals surface area (Å²) in [6, 6.07) is 0.822. The first-order valence-electron chi connectivity index (χ1n) is 3.82. The summed E-state index contributed by atoms with van der Waals surface area (Å²) in [5.74, 6) is 0. The van der Waals surface area contributed by atoms with Crippen LogP contribution < -0.4 is 5.32 Å². The van der Waals surface area contributed by atoms with Crippen molar-refractivity contribution in [1.82, 2.24) is 5.32 Å². The Morgan fingerprint density at radius 2 is 2.40 bits per heavy atom. The molecule has 1 aliphatic carbocycles. The molecule has 58 valence electrons. The lowest BCUT2D eigenvalue weighted by Gasteiger charge is -2.00. The van der Waals surface area contributed by atoms with Gasteiger partial charge in [-0.1, -0.05) is 17.2 Å². The maximum atomic E-state index is 5.49. The fourth-order valence-electron chi connectivity index (χ4n) is 0.815. The third kappa shape index (κ3) is 3.23. The number of nitrogens with one attached hydrogen (secondary N) is 1. The first kappa shape index (κ1) is 8.09. The van der Waals surface area contributed by atoms with Crippen molar-refractivity contribution in [3.63, 3.8) is 0 Å². The average Bonchev–Trinajstić information content (AvgIpc) is 2.71. The summed E-state index contributed by atoms with van der Waals surface area (Å²) in [6.45, 7) is 3.14. The highest BCUT2D eigenvalue weighted by molar-refractivity contribution is 6.25. The molecular weight excluding hydrogens is 146 g/mol. The first-order valence-corrected chi connectivity index (χ1v) is 4.26. The maximum absolute atomic E-state index is 5.49. The largest absolute Gasteiger partial charge is 0.314 e. The highest BCUT2D eigenvalue weighted by Gasteiger charge is 2.19. The molecule has 0 aromatic heterocycles. The Hall–Kier alpha value is -0.0100. The van der Waals surface area contributed by atoms with E-state index in [4.69, 9.17) is 11.6 Å². The lowest BCUT2D eigenvalue weighted by Crippen LogP contribution is -2.17. The van der Waals surface area contributed by atoms with Crippen LogP contribution in [0.15, 0.2) is 11.1 Å². The molecule has 0 radical (unpaired) electrons. The Kier molecular flexibility index (Phi) is 3.23. The standard InChI is InChI=1S/C8H14ClN/c1-7(6-9)4-5-10-8-2-3-8/h6,8,10H,2-5H2,1H3/b7-6+. The molecule has 0 amide bonds. The fraction of sp³-hybridized carbons (Fsp3) is 0.750. The average molecular weight is 160 g/mol. The van der Waals surface area contributed by atoms with Gasteiger partial charge in [-0.15, -0.1) is 0 Å². The monoisotopic (exact) mass is 159 g/mol. The molecule has 0 saturated heterocycles. The van der Waals surface area contributed by atoms with E-state index in [9.17, 15) is 0 Å². The predicted octanol–water partition coefficient (Wildman–Crippen LogP) is 2.27. The highest BCUT2D eigenvalue weighted by Crippen LogP contribution is 2.18. The molecule has 0 atom stereocenters. The van der Waals surface area contributed by atoms with Crippen molar-refractivity contribution < 1.29 is 0 Å². The second-order valence-electron chi connectivity index (χ2n) is 2.93. The molecule has 0 unspecified atom stereocenters. The minimum atomic E-state index is 0.822. The Labute approximate surface area is 67.5 Å². The molecule has 1 aliphatic rings. The molecule has 1 N–H and O–H groups in total. The zero-order valence-corrected chi connectivity index (χ0v) is 7.12. The van der Waals surface area contributed by atoms with Gasteiger partial charge in [0.2, 0.25) is 0 Å². The molecule has 1 nitrogen and oxygen atoms in total. The van der Waals surface area contributed by atoms with E-state index in [-0.39, 0.29) is 0 Å². The molecule has 1 fully saturated rings. The third-order valence-electron chi connectivity index (χ3n) is 1.72. The Bertz CT molecular complexity index is 127. The molecule has 0 bridgehead atoms. The van der Waals surface area contributed by atoms with Crippen molar-refractivity contribution in [3.8, 4) is 0 Å². The molecule has 10 heavy (non-hydrogen) atoms. The third-order valence-corrected chi connectivity index (χ3v) is 2.09. The van der Waals surface area contributed by atoms with Crippen molar-refractivity contribution in [2.75, 3.05) is 6.54 Å². The smallest absolute Gasteiger partial charge is 0.00683 e. The van der Waals surface area contributed by atoms with E-state index in [0.717, 1.165) is 19.0 Å². The molecule has 2 heteroatoms. The Morgan fingerprint density at radius 1 is 1.70 bits per heavy atom. The zero-order chi connectivity index (χ0) is 7.40. The Balaban J connectivity index is 1.93. The first-order chi connectivity index (χ1) is 4.83. The molecule has 1 rings (SSSR count). The summed E-state index contributed by atoms with van der Waals surface area (Å²) in [5.41, 5.74) is 2.92. The summed E-state index contributed by atoms with van der Waals surface area (Å²) in [5, 5.41) is 3.42. The van der Waals surface area contributed by atoms with E-state index >= 15 is 0 Å². The van der Waals surface area contributed by atoms with Crippen LogP contribution in [-0.2, 0) is 0 Å². The molecule has 0 spiro atoms. The molecule has 1 saturated carbocycles. The van der Waals surface area contributed by atoms with E-state index < -0.39 is 0 Å². The molecule has 0 aromatic rings. The summed E-state index contributed by atoms with van der Waals surface area (Å²) < 4.78 is 0. The van der Waals surface area contributed by atoms with Crippen LogP contribution in [-0.4, -0.2) is 12.6 Å². The van der Waals surface area contributed by atoms with Gasteiger partial charge in [0.25, 0.3) is 0 Å². The summed E-state index contributed by atoms with van der Waals surface area (Å²) in [4.78, 5) is 0. The van der Waals surface area contributed by atoms with E-state index in [1.54, 1.807) is 5.54 Å². The summed E-state index contributed by atoms with van der Waals surface area (Å²) in [6.07, 6.45) is 3.81. The molecule has 0 aliphatic heterocycles. The van der Waals surface area contributed by atoms with Gasteiger partial charge in [0, 0.05) is 11.6 Å². The number of halogens is 1. The molecular formula is C8H14ClN. The quantitative estimate of drug-likeness (QED) is 0.664. The van der Waals surface area contributed by atoms with Crippen LogP contribution in [0.4, 0.5) is 0 Å².